The molecule has 0 bridgehead atoms. The maximum absolute atomic E-state index is 12.2. The Labute approximate surface area is 171 Å². The zero-order chi connectivity index (χ0) is 19.5. The van der Waals surface area contributed by atoms with Crippen molar-refractivity contribution in [2.75, 3.05) is 14.2 Å². The molecule has 2 fully saturated rings. The van der Waals surface area contributed by atoms with Gasteiger partial charge in [-0.1, -0.05) is 0 Å². The second-order valence-electron chi connectivity index (χ2n) is 7.32. The second-order valence-corrected chi connectivity index (χ2v) is 10.4. The monoisotopic (exact) mass is 400 g/mol. The second kappa shape index (κ2) is 8.87. The SMILES string of the molecule is COC(=O)C1CC(OC2(S(=O)(=O)O)CCCC[CH]2[Na])CC(C(=O)OC)C1. The van der Waals surface area contributed by atoms with Crippen LogP contribution in [0.15, 0.2) is 0 Å². The summed E-state index contributed by atoms with van der Waals surface area (Å²) in [7, 11) is -1.90. The molecule has 0 saturated heterocycles. The summed E-state index contributed by atoms with van der Waals surface area (Å²) >= 11 is 0.555. The molecule has 0 aromatic heterocycles. The molecule has 0 amide bonds. The van der Waals surface area contributed by atoms with Crippen molar-refractivity contribution < 1.29 is 36.8 Å². The van der Waals surface area contributed by atoms with Crippen LogP contribution in [-0.2, 0) is 33.9 Å². The predicted molar refractivity (Wildman–Crippen MR) is 92.0 cm³/mol. The Morgan fingerprint density at radius 2 is 1.58 bits per heavy atom. The van der Waals surface area contributed by atoms with Crippen LogP contribution in [0.1, 0.15) is 44.9 Å². The molecule has 2 aliphatic carbocycles. The summed E-state index contributed by atoms with van der Waals surface area (Å²) in [6, 6.07) is 0. The fourth-order valence-electron chi connectivity index (χ4n) is 4.27. The van der Waals surface area contributed by atoms with Gasteiger partial charge in [0.05, 0.1) is 0 Å². The van der Waals surface area contributed by atoms with E-state index in [4.69, 9.17) is 14.2 Å². The molecule has 8 nitrogen and oxygen atoms in total. The van der Waals surface area contributed by atoms with Crippen LogP contribution in [0.5, 0.6) is 0 Å². The summed E-state index contributed by atoms with van der Waals surface area (Å²) in [6.07, 6.45) is 2.59. The quantitative estimate of drug-likeness (QED) is 0.416. The van der Waals surface area contributed by atoms with Crippen molar-refractivity contribution in [3.05, 3.63) is 0 Å². The number of rotatable bonds is 5. The molecular weight excluding hydrogens is 375 g/mol. The average molecular weight is 400 g/mol. The van der Waals surface area contributed by atoms with E-state index in [9.17, 15) is 22.6 Å². The molecule has 0 spiro atoms. The van der Waals surface area contributed by atoms with Crippen LogP contribution in [0.2, 0.25) is 3.17 Å². The number of carbonyl (C=O) groups is 2. The van der Waals surface area contributed by atoms with E-state index in [1.807, 2.05) is 0 Å². The van der Waals surface area contributed by atoms with E-state index in [0.29, 0.717) is 40.8 Å². The van der Waals surface area contributed by atoms with E-state index in [2.05, 4.69) is 0 Å². The number of ether oxygens (including phenoxy) is 3. The van der Waals surface area contributed by atoms with Gasteiger partial charge in [-0.15, -0.1) is 0 Å². The molecule has 144 valence electrons. The molecule has 0 aromatic rings. The molecule has 10 heteroatoms. The minimum atomic E-state index is -4.44. The number of hydrogen-bond acceptors (Lipinski definition) is 7. The van der Waals surface area contributed by atoms with Crippen molar-refractivity contribution in [1.82, 2.24) is 0 Å². The van der Waals surface area contributed by atoms with Gasteiger partial charge in [0.2, 0.25) is 0 Å². The molecular formula is C16H25NaO8S. The van der Waals surface area contributed by atoms with Gasteiger partial charge in [0.15, 0.2) is 0 Å². The minimum absolute atomic E-state index is 0.224. The topological polar surface area (TPSA) is 116 Å². The maximum atomic E-state index is 12.2. The standard InChI is InChI=1S/C16H25O8S.Na/c1-22-14(17)11-8-12(15(18)23-2)10-13(9-11)24-16(25(19,20)21)6-4-3-5-7-16;/h6,11-13H,3-5,7-10H2,1-2H3,(H,19,20,21);. The van der Waals surface area contributed by atoms with Crippen LogP contribution >= 0.6 is 0 Å². The van der Waals surface area contributed by atoms with Gasteiger partial charge in [-0.25, -0.2) is 0 Å². The fraction of sp³-hybridized carbons (Fsp3) is 0.875. The van der Waals surface area contributed by atoms with Crippen LogP contribution in [0.3, 0.4) is 0 Å². The van der Waals surface area contributed by atoms with Crippen molar-refractivity contribution in [1.29, 1.82) is 0 Å². The van der Waals surface area contributed by atoms with Gasteiger partial charge < -0.3 is 0 Å². The van der Waals surface area contributed by atoms with E-state index in [1.165, 1.54) is 14.2 Å². The van der Waals surface area contributed by atoms with E-state index in [0.717, 1.165) is 6.42 Å². The summed E-state index contributed by atoms with van der Waals surface area (Å²) in [4.78, 5) is 22.4. The molecule has 1 N–H and O–H groups in total. The zero-order valence-electron chi connectivity index (χ0n) is 15.5. The molecule has 2 aliphatic rings. The Morgan fingerprint density at radius 1 is 1.04 bits per heavy atom. The van der Waals surface area contributed by atoms with Gasteiger partial charge in [-0.2, -0.15) is 0 Å². The van der Waals surface area contributed by atoms with Crippen molar-refractivity contribution in [3.8, 4) is 0 Å². The Hall–Kier alpha value is -0.190. The van der Waals surface area contributed by atoms with Crippen LogP contribution in [0, 0.1) is 11.8 Å². The third kappa shape index (κ3) is 4.62. The number of hydrogen-bond donors (Lipinski definition) is 1. The molecule has 26 heavy (non-hydrogen) atoms. The predicted octanol–water partition coefficient (Wildman–Crippen LogP) is 1.25. The Morgan fingerprint density at radius 3 is 2.00 bits per heavy atom. The first-order chi connectivity index (χ1) is 12.1. The van der Waals surface area contributed by atoms with Crippen LogP contribution in [0.25, 0.3) is 0 Å². The summed E-state index contributed by atoms with van der Waals surface area (Å²) in [5, 5.41) is 0. The Balaban J connectivity index is 2.28. The summed E-state index contributed by atoms with van der Waals surface area (Å²) < 4.78 is 49.7. The molecule has 2 saturated carbocycles. The summed E-state index contributed by atoms with van der Waals surface area (Å²) in [5.74, 6) is -2.06. The van der Waals surface area contributed by atoms with Crippen molar-refractivity contribution in [2.24, 2.45) is 11.8 Å². The third-order valence-corrected chi connectivity index (χ3v) is 9.20. The van der Waals surface area contributed by atoms with Crippen LogP contribution in [0.4, 0.5) is 0 Å². The average Bonchev–Trinajstić information content (AvgIpc) is 2.61. The summed E-state index contributed by atoms with van der Waals surface area (Å²) in [5.41, 5.74) is 0. The van der Waals surface area contributed by atoms with Crippen molar-refractivity contribution in [3.63, 3.8) is 0 Å². The first kappa shape index (κ1) is 22.1. The number of esters is 2. The van der Waals surface area contributed by atoms with E-state index < -0.39 is 44.9 Å². The van der Waals surface area contributed by atoms with Crippen LogP contribution < -0.4 is 0 Å². The normalized spacial score (nSPS) is 35.6. The molecule has 4 unspecified atom stereocenters. The van der Waals surface area contributed by atoms with E-state index in [1.54, 1.807) is 0 Å². The van der Waals surface area contributed by atoms with Gasteiger partial charge in [-0.05, 0) is 0 Å². The van der Waals surface area contributed by atoms with Crippen molar-refractivity contribution >= 4 is 50.0 Å². The Kier molecular flexibility index (Phi) is 7.54. The zero-order valence-corrected chi connectivity index (χ0v) is 18.3. The molecule has 2 rings (SSSR count). The van der Waals surface area contributed by atoms with Crippen molar-refractivity contribution in [2.45, 2.75) is 59.2 Å². The van der Waals surface area contributed by atoms with Gasteiger partial charge in [-0.3, -0.25) is 0 Å². The van der Waals surface area contributed by atoms with Gasteiger partial charge in [0, 0.05) is 0 Å². The number of carbonyl (C=O) groups excluding carboxylic acids is 2. The number of methoxy groups -OCH3 is 2. The van der Waals surface area contributed by atoms with Gasteiger partial charge >= 0.3 is 172 Å². The molecule has 0 radical (unpaired) electrons. The molecule has 0 aromatic carbocycles. The molecule has 0 aliphatic heterocycles. The third-order valence-electron chi connectivity index (χ3n) is 5.70. The molecule has 0 heterocycles. The van der Waals surface area contributed by atoms with Crippen LogP contribution in [-0.4, -0.2) is 78.1 Å². The summed E-state index contributed by atoms with van der Waals surface area (Å²) in [6.45, 7) is 0. The van der Waals surface area contributed by atoms with E-state index >= 15 is 0 Å². The van der Waals surface area contributed by atoms with Gasteiger partial charge in [0.25, 0.3) is 0 Å². The fourth-order valence-corrected chi connectivity index (χ4v) is 7.28. The Bertz CT molecular complexity index is 612. The van der Waals surface area contributed by atoms with Gasteiger partial charge in [0.1, 0.15) is 0 Å². The first-order valence-corrected chi connectivity index (χ1v) is 11.5. The first-order valence-electron chi connectivity index (χ1n) is 8.95. The molecule has 4 atom stereocenters. The van der Waals surface area contributed by atoms with E-state index in [-0.39, 0.29) is 28.9 Å².